The largest absolute Gasteiger partial charge is 0.389 e. The van der Waals surface area contributed by atoms with Gasteiger partial charge in [-0.15, -0.1) is 10.2 Å². The number of hydrogen-bond acceptors (Lipinski definition) is 6. The first kappa shape index (κ1) is 11.5. The number of hydrogen-bond donors (Lipinski definition) is 2. The molecule has 7 heteroatoms. The minimum Gasteiger partial charge on any atom is -0.389 e. The first-order chi connectivity index (χ1) is 7.66. The van der Waals surface area contributed by atoms with Crippen LogP contribution in [0.1, 0.15) is 12.1 Å². The molecule has 6 nitrogen and oxygen atoms in total. The second-order valence-electron chi connectivity index (χ2n) is 3.69. The summed E-state index contributed by atoms with van der Waals surface area (Å²) >= 11 is 5.72. The number of nitrogens with zero attached hydrogens (tertiary/aromatic N) is 3. The number of aliphatic hydroxyl groups is 1. The smallest absolute Gasteiger partial charge is 0.243 e. The van der Waals surface area contributed by atoms with Crippen molar-refractivity contribution >= 4 is 17.5 Å². The van der Waals surface area contributed by atoms with Crippen molar-refractivity contribution in [2.24, 2.45) is 0 Å². The summed E-state index contributed by atoms with van der Waals surface area (Å²) in [7, 11) is 0. The Kier molecular flexibility index (Phi) is 3.52. The Morgan fingerprint density at radius 1 is 1.50 bits per heavy atom. The predicted octanol–water partition coefficient (Wildman–Crippen LogP) is 0.395. The molecule has 1 aliphatic rings. The molecular weight excluding hydrogens is 232 g/mol. The molecule has 1 fully saturated rings. The minimum absolute atomic E-state index is 0.101. The van der Waals surface area contributed by atoms with Gasteiger partial charge < -0.3 is 15.2 Å². The van der Waals surface area contributed by atoms with Crippen LogP contribution in [0.4, 0.5) is 5.95 Å². The maximum absolute atomic E-state index is 9.66. The summed E-state index contributed by atoms with van der Waals surface area (Å²) in [6, 6.07) is -0.101. The molecule has 2 N–H and O–H groups in total. The van der Waals surface area contributed by atoms with Gasteiger partial charge in [0.05, 0.1) is 24.4 Å². The lowest BCUT2D eigenvalue weighted by Crippen LogP contribution is -2.42. The molecule has 2 rings (SSSR count). The molecule has 88 valence electrons. The van der Waals surface area contributed by atoms with Crippen LogP contribution in [0, 0.1) is 6.92 Å². The third-order valence-corrected chi connectivity index (χ3v) is 2.79. The normalized spacial score (nSPS) is 25.4. The molecular formula is C9H13ClN4O2. The van der Waals surface area contributed by atoms with Crippen molar-refractivity contribution in [2.45, 2.75) is 25.5 Å². The van der Waals surface area contributed by atoms with Crippen molar-refractivity contribution < 1.29 is 9.84 Å². The molecule has 2 heterocycles. The fourth-order valence-electron chi connectivity index (χ4n) is 1.51. The van der Waals surface area contributed by atoms with Crippen LogP contribution < -0.4 is 5.32 Å². The van der Waals surface area contributed by atoms with E-state index >= 15 is 0 Å². The molecule has 1 aromatic heterocycles. The topological polar surface area (TPSA) is 80.2 Å². The molecule has 1 saturated heterocycles. The Hall–Kier alpha value is -0.980. The Labute approximate surface area is 98.0 Å². The molecule has 0 aliphatic carbocycles. The molecule has 0 saturated carbocycles. The quantitative estimate of drug-likeness (QED) is 0.784. The summed E-state index contributed by atoms with van der Waals surface area (Å²) < 4.78 is 5.12. The summed E-state index contributed by atoms with van der Waals surface area (Å²) in [6.45, 7) is 2.70. The zero-order chi connectivity index (χ0) is 11.5. The summed E-state index contributed by atoms with van der Waals surface area (Å²) in [5.41, 5.74) is 0.612. The lowest BCUT2D eigenvalue weighted by Gasteiger charge is -2.28. The molecule has 2 atom stereocenters. The van der Waals surface area contributed by atoms with Gasteiger partial charge in [0, 0.05) is 6.61 Å². The van der Waals surface area contributed by atoms with Gasteiger partial charge in [-0.2, -0.15) is 0 Å². The highest BCUT2D eigenvalue weighted by Gasteiger charge is 2.24. The van der Waals surface area contributed by atoms with Crippen molar-refractivity contribution in [3.8, 4) is 0 Å². The van der Waals surface area contributed by atoms with Crippen LogP contribution in [0.15, 0.2) is 0 Å². The first-order valence-electron chi connectivity index (χ1n) is 5.06. The highest BCUT2D eigenvalue weighted by Crippen LogP contribution is 2.14. The van der Waals surface area contributed by atoms with Gasteiger partial charge in [-0.05, 0) is 13.3 Å². The molecule has 1 aromatic rings. The lowest BCUT2D eigenvalue weighted by molar-refractivity contribution is -0.0136. The molecule has 0 bridgehead atoms. The van der Waals surface area contributed by atoms with Crippen LogP contribution in [-0.2, 0) is 4.74 Å². The third kappa shape index (κ3) is 2.58. The Morgan fingerprint density at radius 2 is 2.31 bits per heavy atom. The van der Waals surface area contributed by atoms with E-state index in [1.165, 1.54) is 0 Å². The maximum Gasteiger partial charge on any atom is 0.243 e. The summed E-state index contributed by atoms with van der Waals surface area (Å²) in [5, 5.41) is 20.5. The molecule has 0 amide bonds. The number of halogens is 1. The zero-order valence-corrected chi connectivity index (χ0v) is 9.61. The fourth-order valence-corrected chi connectivity index (χ4v) is 1.59. The third-order valence-electron chi connectivity index (χ3n) is 2.45. The molecule has 0 radical (unpaired) electrons. The van der Waals surface area contributed by atoms with Gasteiger partial charge in [-0.25, -0.2) is 4.98 Å². The summed E-state index contributed by atoms with van der Waals surface area (Å²) in [4.78, 5) is 4.13. The van der Waals surface area contributed by atoms with E-state index in [-0.39, 0.29) is 11.2 Å². The van der Waals surface area contributed by atoms with E-state index in [9.17, 15) is 5.11 Å². The van der Waals surface area contributed by atoms with E-state index < -0.39 is 6.10 Å². The first-order valence-corrected chi connectivity index (χ1v) is 5.44. The van der Waals surface area contributed by atoms with Gasteiger partial charge in [0.2, 0.25) is 5.95 Å². The van der Waals surface area contributed by atoms with Gasteiger partial charge in [0.25, 0.3) is 0 Å². The molecule has 0 unspecified atom stereocenters. The van der Waals surface area contributed by atoms with Crippen molar-refractivity contribution in [3.05, 3.63) is 10.8 Å². The summed E-state index contributed by atoms with van der Waals surface area (Å²) in [5.74, 6) is 0.382. The van der Waals surface area contributed by atoms with Crippen LogP contribution in [-0.4, -0.2) is 45.6 Å². The minimum atomic E-state index is -0.548. The Bertz CT molecular complexity index is 377. The van der Waals surface area contributed by atoms with E-state index in [0.717, 1.165) is 0 Å². The van der Waals surface area contributed by atoms with Crippen LogP contribution in [0.3, 0.4) is 0 Å². The number of aliphatic hydroxyl groups excluding tert-OH is 1. The predicted molar refractivity (Wildman–Crippen MR) is 58.4 cm³/mol. The Morgan fingerprint density at radius 3 is 3.00 bits per heavy atom. The Balaban J connectivity index is 2.05. The van der Waals surface area contributed by atoms with Gasteiger partial charge in [-0.3, -0.25) is 0 Å². The monoisotopic (exact) mass is 244 g/mol. The van der Waals surface area contributed by atoms with Crippen molar-refractivity contribution in [2.75, 3.05) is 18.5 Å². The van der Waals surface area contributed by atoms with Crippen molar-refractivity contribution in [1.29, 1.82) is 0 Å². The average Bonchev–Trinajstić information content (AvgIpc) is 2.27. The van der Waals surface area contributed by atoms with Crippen molar-refractivity contribution in [3.63, 3.8) is 0 Å². The van der Waals surface area contributed by atoms with E-state index in [1.54, 1.807) is 6.92 Å². The molecule has 0 aromatic carbocycles. The number of rotatable bonds is 2. The number of nitrogens with one attached hydrogen (secondary N) is 1. The van der Waals surface area contributed by atoms with Crippen LogP contribution in [0.2, 0.25) is 5.15 Å². The second kappa shape index (κ2) is 4.90. The second-order valence-corrected chi connectivity index (χ2v) is 4.05. The number of aryl methyl sites for hydroxylation is 1. The SMILES string of the molecule is Cc1nc(N[C@@H]2CCOC[C@H]2O)nnc1Cl. The number of aromatic nitrogens is 3. The van der Waals surface area contributed by atoms with Crippen LogP contribution in [0.25, 0.3) is 0 Å². The number of ether oxygens (including phenoxy) is 1. The van der Waals surface area contributed by atoms with E-state index in [4.69, 9.17) is 16.3 Å². The van der Waals surface area contributed by atoms with E-state index in [1.807, 2.05) is 0 Å². The molecule has 16 heavy (non-hydrogen) atoms. The van der Waals surface area contributed by atoms with Crippen LogP contribution in [0.5, 0.6) is 0 Å². The standard InChI is InChI=1S/C9H13ClN4O2/c1-5-8(10)13-14-9(11-5)12-6-2-3-16-4-7(6)15/h6-7,15H,2-4H2,1H3,(H,11,12,14)/t6-,7-/m1/s1. The van der Waals surface area contributed by atoms with Gasteiger partial charge >= 0.3 is 0 Å². The van der Waals surface area contributed by atoms with Gasteiger partial charge in [0.1, 0.15) is 0 Å². The zero-order valence-electron chi connectivity index (χ0n) is 8.85. The van der Waals surface area contributed by atoms with Gasteiger partial charge in [-0.1, -0.05) is 11.6 Å². The highest BCUT2D eigenvalue weighted by atomic mass is 35.5. The average molecular weight is 245 g/mol. The van der Waals surface area contributed by atoms with E-state index in [2.05, 4.69) is 20.5 Å². The number of anilines is 1. The highest BCUT2D eigenvalue weighted by molar-refractivity contribution is 6.29. The molecule has 1 aliphatic heterocycles. The molecule has 0 spiro atoms. The van der Waals surface area contributed by atoms with Crippen LogP contribution >= 0.6 is 11.6 Å². The lowest BCUT2D eigenvalue weighted by atomic mass is 10.1. The van der Waals surface area contributed by atoms with Crippen molar-refractivity contribution in [1.82, 2.24) is 15.2 Å². The van der Waals surface area contributed by atoms with E-state index in [0.29, 0.717) is 31.3 Å². The fraction of sp³-hybridized carbons (Fsp3) is 0.667. The summed E-state index contributed by atoms with van der Waals surface area (Å²) in [6.07, 6.45) is 0.167. The maximum atomic E-state index is 9.66. The van der Waals surface area contributed by atoms with Gasteiger partial charge in [0.15, 0.2) is 5.15 Å².